The van der Waals surface area contributed by atoms with Crippen LogP contribution in [0.5, 0.6) is 0 Å². The van der Waals surface area contributed by atoms with Gasteiger partial charge in [-0.3, -0.25) is 0 Å². The number of hydrogen-bond donors (Lipinski definition) is 5. The van der Waals surface area contributed by atoms with Crippen molar-refractivity contribution in [3.8, 4) is 0 Å². The molecule has 7 aliphatic rings. The molecule has 0 unspecified atom stereocenters. The van der Waals surface area contributed by atoms with Crippen molar-refractivity contribution in [1.82, 2.24) is 4.98 Å². The van der Waals surface area contributed by atoms with Gasteiger partial charge in [0, 0.05) is 18.0 Å². The SMILES string of the molecule is C=C1CC[C@@]23OB(C)O[C@@]45[C@H](OC(=O)c6ccc[nH]6)[C@](O)(C(C)C)[C@@]6(C)[C@]4(O)[C@@]2(O[C@@]6(O)C[C@@]35C)[C@@H]1O. The number of esters is 1. The van der Waals surface area contributed by atoms with Crippen molar-refractivity contribution in [1.29, 1.82) is 0 Å². The van der Waals surface area contributed by atoms with Gasteiger partial charge in [0.05, 0.1) is 11.0 Å². The molecule has 8 rings (SSSR count). The second kappa shape index (κ2) is 6.19. The smallest absolute Gasteiger partial charge is 0.451 e. The lowest BCUT2D eigenvalue weighted by atomic mass is 9.51. The minimum Gasteiger partial charge on any atom is -0.451 e. The van der Waals surface area contributed by atoms with Crippen molar-refractivity contribution in [2.24, 2.45) is 16.7 Å². The van der Waals surface area contributed by atoms with E-state index in [1.807, 2.05) is 6.92 Å². The highest BCUT2D eigenvalue weighted by molar-refractivity contribution is 6.43. The van der Waals surface area contributed by atoms with Gasteiger partial charge in [-0.05, 0) is 50.2 Å². The number of aromatic nitrogens is 1. The maximum absolute atomic E-state index is 13.5. The highest BCUT2D eigenvalue weighted by Crippen LogP contribution is 2.92. The normalized spacial score (nSPS) is 56.8. The van der Waals surface area contributed by atoms with E-state index in [1.54, 1.807) is 45.9 Å². The number of aromatic amines is 1. The van der Waals surface area contributed by atoms with Gasteiger partial charge in [-0.1, -0.05) is 27.4 Å². The molecule has 5 N–H and O–H groups in total. The Hall–Kier alpha value is -1.73. The Labute approximate surface area is 215 Å². The average Bonchev–Trinajstić information content (AvgIpc) is 3.43. The predicted molar refractivity (Wildman–Crippen MR) is 128 cm³/mol. The molecule has 3 saturated heterocycles. The van der Waals surface area contributed by atoms with Crippen LogP contribution in [-0.4, -0.2) is 84.5 Å². The van der Waals surface area contributed by atoms with Crippen LogP contribution in [0.4, 0.5) is 0 Å². The lowest BCUT2D eigenvalue weighted by molar-refractivity contribution is -0.387. The number of hydrogen-bond acceptors (Lipinski definition) is 9. The van der Waals surface area contributed by atoms with Crippen LogP contribution in [0.3, 0.4) is 0 Å². The van der Waals surface area contributed by atoms with Gasteiger partial charge >= 0.3 is 13.1 Å². The van der Waals surface area contributed by atoms with Crippen molar-refractivity contribution >= 4 is 13.1 Å². The molecular formula is C26H34BNO9. The summed E-state index contributed by atoms with van der Waals surface area (Å²) in [4.78, 5) is 16.3. The van der Waals surface area contributed by atoms with E-state index < -0.39 is 75.8 Å². The number of H-pyrrole nitrogens is 1. The Morgan fingerprint density at radius 3 is 2.57 bits per heavy atom. The fraction of sp³-hybridized carbons (Fsp3) is 0.731. The van der Waals surface area contributed by atoms with Gasteiger partial charge in [0.2, 0.25) is 0 Å². The first kappa shape index (κ1) is 24.3. The van der Waals surface area contributed by atoms with Crippen molar-refractivity contribution in [2.45, 2.75) is 99.8 Å². The maximum Gasteiger partial charge on any atom is 0.454 e. The number of nitrogens with one attached hydrogen (secondary N) is 1. The molecule has 4 aliphatic carbocycles. The monoisotopic (exact) mass is 515 g/mol. The number of carbonyl (C=O) groups excluding carboxylic acids is 1. The first-order valence-electron chi connectivity index (χ1n) is 13.0. The molecule has 3 spiro atoms. The summed E-state index contributed by atoms with van der Waals surface area (Å²) in [5.41, 5.74) is -11.9. The van der Waals surface area contributed by atoms with Crippen molar-refractivity contribution in [3.05, 3.63) is 36.2 Å². The largest absolute Gasteiger partial charge is 0.454 e. The standard InChI is InChI=1S/C26H34BNO9/c1-13(2)23(32)18(34-17(30)15-8-7-11-28-15)25-19(4)12-22(31)20(23,5)26(25,33)24(35-22)16(29)14(3)9-10-21(19,24)36-27(6)37-25/h7-8,11,13,16,18,28-29,31-33H,3,9-10,12H2,1-2,4-6H3/t16-,18-,19+,20+,21+,22+,23-,24-,25-,26+/m1/s1. The zero-order valence-corrected chi connectivity index (χ0v) is 21.7. The first-order chi connectivity index (χ1) is 17.1. The van der Waals surface area contributed by atoms with Crippen LogP contribution in [0.15, 0.2) is 30.5 Å². The first-order valence-corrected chi connectivity index (χ1v) is 13.0. The molecular weight excluding hydrogens is 481 g/mol. The molecule has 1 aromatic heterocycles. The third-order valence-corrected chi connectivity index (χ3v) is 11.6. The Kier molecular flexibility index (Phi) is 4.07. The Bertz CT molecular complexity index is 1260. The lowest BCUT2D eigenvalue weighted by Gasteiger charge is -2.65. The zero-order chi connectivity index (χ0) is 26.8. The molecule has 1 aromatic rings. The van der Waals surface area contributed by atoms with E-state index in [0.717, 1.165) is 0 Å². The maximum atomic E-state index is 13.5. The highest BCUT2D eigenvalue weighted by atomic mass is 16.7. The van der Waals surface area contributed by atoms with E-state index in [1.165, 1.54) is 0 Å². The van der Waals surface area contributed by atoms with E-state index in [9.17, 15) is 25.2 Å². The summed E-state index contributed by atoms with van der Waals surface area (Å²) in [6, 6.07) is 3.21. The summed E-state index contributed by atoms with van der Waals surface area (Å²) in [7, 11) is -0.904. The van der Waals surface area contributed by atoms with Crippen LogP contribution in [0.2, 0.25) is 6.82 Å². The second-order valence-electron chi connectivity index (χ2n) is 12.7. The topological polar surface area (TPSA) is 151 Å². The van der Waals surface area contributed by atoms with Gasteiger partial charge < -0.3 is 44.2 Å². The van der Waals surface area contributed by atoms with Crippen LogP contribution >= 0.6 is 0 Å². The number of ether oxygens (including phenoxy) is 2. The second-order valence-corrected chi connectivity index (χ2v) is 12.7. The van der Waals surface area contributed by atoms with E-state index >= 15 is 0 Å². The molecule has 4 saturated carbocycles. The lowest BCUT2D eigenvalue weighted by Crippen LogP contribution is -2.78. The van der Waals surface area contributed by atoms with E-state index in [4.69, 9.17) is 18.8 Å². The fourth-order valence-corrected chi connectivity index (χ4v) is 10.3. The number of carbonyl (C=O) groups is 1. The molecule has 37 heavy (non-hydrogen) atoms. The molecule has 200 valence electrons. The van der Waals surface area contributed by atoms with Crippen LogP contribution in [0, 0.1) is 16.7 Å². The van der Waals surface area contributed by atoms with Gasteiger partial charge in [0.25, 0.3) is 0 Å². The van der Waals surface area contributed by atoms with Gasteiger partial charge in [0.15, 0.2) is 17.5 Å². The molecule has 3 aliphatic heterocycles. The number of rotatable bonds is 3. The average molecular weight is 515 g/mol. The molecule has 0 radical (unpaired) electrons. The van der Waals surface area contributed by atoms with Crippen LogP contribution in [0.1, 0.15) is 57.4 Å². The Morgan fingerprint density at radius 2 is 1.95 bits per heavy atom. The van der Waals surface area contributed by atoms with Crippen LogP contribution in [-0.2, 0) is 18.8 Å². The summed E-state index contributed by atoms with van der Waals surface area (Å²) >= 11 is 0. The third-order valence-electron chi connectivity index (χ3n) is 11.6. The molecule has 0 aromatic carbocycles. The van der Waals surface area contributed by atoms with Crippen LogP contribution in [0.25, 0.3) is 0 Å². The van der Waals surface area contributed by atoms with Gasteiger partial charge in [0.1, 0.15) is 28.6 Å². The van der Waals surface area contributed by atoms with E-state index in [0.29, 0.717) is 18.4 Å². The van der Waals surface area contributed by atoms with E-state index in [-0.39, 0.29) is 12.1 Å². The van der Waals surface area contributed by atoms with Crippen molar-refractivity contribution in [2.75, 3.05) is 0 Å². The summed E-state index contributed by atoms with van der Waals surface area (Å²) in [5.74, 6) is -3.49. The Morgan fingerprint density at radius 1 is 1.24 bits per heavy atom. The zero-order valence-electron chi connectivity index (χ0n) is 21.7. The molecule has 7 bridgehead atoms. The molecule has 4 heterocycles. The summed E-state index contributed by atoms with van der Waals surface area (Å²) in [6.45, 7) is 12.6. The molecule has 10 nitrogen and oxygen atoms in total. The highest BCUT2D eigenvalue weighted by Gasteiger charge is 3.11. The van der Waals surface area contributed by atoms with Gasteiger partial charge in [-0.15, -0.1) is 0 Å². The number of aliphatic hydroxyl groups is 4. The summed E-state index contributed by atoms with van der Waals surface area (Å²) < 4.78 is 25.9. The molecule has 0 amide bonds. The molecule has 11 heteroatoms. The Balaban J connectivity index is 1.60. The molecule has 10 atom stereocenters. The summed E-state index contributed by atoms with van der Waals surface area (Å²) in [5, 5.41) is 50.3. The number of aliphatic hydroxyl groups excluding tert-OH is 1. The molecule has 7 fully saturated rings. The van der Waals surface area contributed by atoms with Crippen molar-refractivity contribution in [3.63, 3.8) is 0 Å². The van der Waals surface area contributed by atoms with Crippen LogP contribution < -0.4 is 0 Å². The predicted octanol–water partition coefficient (Wildman–Crippen LogP) is 0.913. The van der Waals surface area contributed by atoms with Gasteiger partial charge in [-0.25, -0.2) is 4.79 Å². The van der Waals surface area contributed by atoms with Crippen molar-refractivity contribution < 1.29 is 44.0 Å². The summed E-state index contributed by atoms with van der Waals surface area (Å²) in [6.07, 6.45) is -0.639. The minimum atomic E-state index is -2.25. The fourth-order valence-electron chi connectivity index (χ4n) is 10.3. The van der Waals surface area contributed by atoms with Gasteiger partial charge in [-0.2, -0.15) is 0 Å². The minimum absolute atomic E-state index is 0.0714. The van der Waals surface area contributed by atoms with E-state index in [2.05, 4.69) is 11.6 Å². The quantitative estimate of drug-likeness (QED) is 0.225. The third kappa shape index (κ3) is 1.79.